The number of imidazole rings is 1. The summed E-state index contributed by atoms with van der Waals surface area (Å²) >= 11 is 6.09. The number of halogens is 1. The van der Waals surface area contributed by atoms with Crippen LogP contribution in [0.15, 0.2) is 18.3 Å². The van der Waals surface area contributed by atoms with E-state index in [1.165, 1.54) is 0 Å². The lowest BCUT2D eigenvalue weighted by Crippen LogP contribution is -2.10. The fourth-order valence-corrected chi connectivity index (χ4v) is 1.90. The first-order valence-electron chi connectivity index (χ1n) is 5.12. The number of nitrogens with one attached hydrogen (secondary N) is 1. The van der Waals surface area contributed by atoms with Crippen LogP contribution in [0.1, 0.15) is 5.69 Å². The number of hydrogen-bond donors (Lipinski definition) is 1. The molecular formula is C11H15ClN4. The quantitative estimate of drug-likeness (QED) is 0.885. The molecule has 86 valence electrons. The Labute approximate surface area is 99.8 Å². The number of anilines is 1. The third-order valence-electron chi connectivity index (χ3n) is 2.52. The van der Waals surface area contributed by atoms with Gasteiger partial charge in [0.15, 0.2) is 5.15 Å². The van der Waals surface area contributed by atoms with Crippen molar-refractivity contribution < 1.29 is 0 Å². The molecule has 1 N–H and O–H groups in total. The van der Waals surface area contributed by atoms with Crippen molar-refractivity contribution in [1.29, 1.82) is 0 Å². The van der Waals surface area contributed by atoms with E-state index >= 15 is 0 Å². The lowest BCUT2D eigenvalue weighted by molar-refractivity contribution is 0.782. The second-order valence-electron chi connectivity index (χ2n) is 3.89. The number of fused-ring (bicyclic) bond motifs is 1. The molecule has 4 nitrogen and oxygen atoms in total. The Hall–Kier alpha value is -1.26. The number of rotatable bonds is 3. The van der Waals surface area contributed by atoms with Crippen LogP contribution in [0.3, 0.4) is 0 Å². The van der Waals surface area contributed by atoms with Crippen LogP contribution in [0.5, 0.6) is 0 Å². The molecule has 0 aliphatic carbocycles. The molecule has 0 radical (unpaired) electrons. The third kappa shape index (κ3) is 1.86. The van der Waals surface area contributed by atoms with Crippen LogP contribution in [0.4, 0.5) is 5.69 Å². The molecule has 0 aromatic carbocycles. The topological polar surface area (TPSA) is 32.6 Å². The molecule has 0 fully saturated rings. The minimum atomic E-state index is 0.560. The van der Waals surface area contributed by atoms with Crippen LogP contribution >= 0.6 is 11.6 Å². The van der Waals surface area contributed by atoms with E-state index in [1.807, 2.05) is 48.8 Å². The second-order valence-corrected chi connectivity index (χ2v) is 4.25. The molecule has 0 spiro atoms. The van der Waals surface area contributed by atoms with E-state index in [2.05, 4.69) is 10.3 Å². The van der Waals surface area contributed by atoms with Crippen molar-refractivity contribution in [3.8, 4) is 0 Å². The summed E-state index contributed by atoms with van der Waals surface area (Å²) in [4.78, 5) is 6.38. The van der Waals surface area contributed by atoms with E-state index in [4.69, 9.17) is 11.6 Å². The fraction of sp³-hybridized carbons (Fsp3) is 0.364. The predicted molar refractivity (Wildman–Crippen MR) is 67.3 cm³/mol. The van der Waals surface area contributed by atoms with Crippen molar-refractivity contribution in [2.45, 2.75) is 6.54 Å². The van der Waals surface area contributed by atoms with Crippen molar-refractivity contribution in [1.82, 2.24) is 14.7 Å². The summed E-state index contributed by atoms with van der Waals surface area (Å²) in [5, 5.41) is 3.65. The number of nitrogens with zero attached hydrogens (tertiary/aromatic N) is 3. The Morgan fingerprint density at radius 1 is 1.50 bits per heavy atom. The third-order valence-corrected chi connectivity index (χ3v) is 2.82. The van der Waals surface area contributed by atoms with Gasteiger partial charge in [-0.3, -0.25) is 0 Å². The first kappa shape index (κ1) is 11.2. The molecule has 5 heteroatoms. The predicted octanol–water partition coefficient (Wildman–Crippen LogP) is 1.77. The molecule has 0 saturated heterocycles. The zero-order valence-electron chi connectivity index (χ0n) is 9.66. The molecule has 0 amide bonds. The second kappa shape index (κ2) is 4.31. The lowest BCUT2D eigenvalue weighted by Gasteiger charge is -2.12. The smallest absolute Gasteiger partial charge is 0.152 e. The van der Waals surface area contributed by atoms with Gasteiger partial charge in [0.2, 0.25) is 0 Å². The van der Waals surface area contributed by atoms with Crippen molar-refractivity contribution in [3.63, 3.8) is 0 Å². The van der Waals surface area contributed by atoms with Crippen LogP contribution in [0, 0.1) is 0 Å². The van der Waals surface area contributed by atoms with Crippen molar-refractivity contribution in [3.05, 3.63) is 29.2 Å². The van der Waals surface area contributed by atoms with Crippen molar-refractivity contribution in [2.75, 3.05) is 26.0 Å². The highest BCUT2D eigenvalue weighted by molar-refractivity contribution is 6.30. The average Bonchev–Trinajstić information content (AvgIpc) is 2.55. The standard InChI is InChI=1S/C11H15ClN4/c1-13-7-9-11(12)14-10-6-8(15(2)3)4-5-16(9)10/h4-6,13H,7H2,1-3H3. The number of pyridine rings is 1. The van der Waals surface area contributed by atoms with Gasteiger partial charge in [-0.2, -0.15) is 0 Å². The summed E-state index contributed by atoms with van der Waals surface area (Å²) in [5.74, 6) is 0. The van der Waals surface area contributed by atoms with Gasteiger partial charge >= 0.3 is 0 Å². The molecule has 0 saturated carbocycles. The van der Waals surface area contributed by atoms with Gasteiger partial charge in [-0.15, -0.1) is 0 Å². The molecule has 2 rings (SSSR count). The normalized spacial score (nSPS) is 11.0. The minimum absolute atomic E-state index is 0.560. The van der Waals surface area contributed by atoms with E-state index in [-0.39, 0.29) is 0 Å². The molecule has 0 unspecified atom stereocenters. The maximum atomic E-state index is 6.09. The van der Waals surface area contributed by atoms with Gasteiger partial charge in [-0.25, -0.2) is 4.98 Å². The highest BCUT2D eigenvalue weighted by atomic mass is 35.5. The highest BCUT2D eigenvalue weighted by Gasteiger charge is 2.09. The molecular weight excluding hydrogens is 224 g/mol. The van der Waals surface area contributed by atoms with Gasteiger partial charge in [-0.05, 0) is 13.1 Å². The summed E-state index contributed by atoms with van der Waals surface area (Å²) in [5.41, 5.74) is 2.98. The highest BCUT2D eigenvalue weighted by Crippen LogP contribution is 2.21. The Bertz CT molecular complexity index is 504. The Kier molecular flexibility index (Phi) is 3.03. The Morgan fingerprint density at radius 2 is 2.25 bits per heavy atom. The van der Waals surface area contributed by atoms with Crippen LogP contribution in [0.25, 0.3) is 5.65 Å². The monoisotopic (exact) mass is 238 g/mol. The first-order valence-corrected chi connectivity index (χ1v) is 5.49. The molecule has 2 aromatic rings. The Balaban J connectivity index is 2.56. The molecule has 16 heavy (non-hydrogen) atoms. The van der Waals surface area contributed by atoms with E-state index in [9.17, 15) is 0 Å². The van der Waals surface area contributed by atoms with E-state index in [1.54, 1.807) is 0 Å². The van der Waals surface area contributed by atoms with Crippen LogP contribution in [0.2, 0.25) is 5.15 Å². The van der Waals surface area contributed by atoms with Crippen LogP contribution < -0.4 is 10.2 Å². The summed E-state index contributed by atoms with van der Waals surface area (Å²) in [6.45, 7) is 0.710. The summed E-state index contributed by atoms with van der Waals surface area (Å²) in [6.07, 6.45) is 2.00. The minimum Gasteiger partial charge on any atom is -0.378 e. The molecule has 0 atom stereocenters. The van der Waals surface area contributed by atoms with E-state index in [0.29, 0.717) is 11.7 Å². The molecule has 0 aliphatic heterocycles. The average molecular weight is 239 g/mol. The molecule has 2 heterocycles. The van der Waals surface area contributed by atoms with Gasteiger partial charge in [0.05, 0.1) is 5.69 Å². The lowest BCUT2D eigenvalue weighted by atomic mass is 10.3. The van der Waals surface area contributed by atoms with Gasteiger partial charge in [0.1, 0.15) is 5.65 Å². The Morgan fingerprint density at radius 3 is 2.88 bits per heavy atom. The van der Waals surface area contributed by atoms with Gasteiger partial charge in [-0.1, -0.05) is 11.6 Å². The van der Waals surface area contributed by atoms with E-state index < -0.39 is 0 Å². The summed E-state index contributed by atoms with van der Waals surface area (Å²) in [6, 6.07) is 4.06. The maximum Gasteiger partial charge on any atom is 0.152 e. The fourth-order valence-electron chi connectivity index (χ4n) is 1.66. The number of aromatic nitrogens is 2. The van der Waals surface area contributed by atoms with E-state index in [0.717, 1.165) is 17.0 Å². The van der Waals surface area contributed by atoms with Gasteiger partial charge < -0.3 is 14.6 Å². The molecule has 0 aliphatic rings. The van der Waals surface area contributed by atoms with Crippen molar-refractivity contribution in [2.24, 2.45) is 0 Å². The zero-order chi connectivity index (χ0) is 11.7. The van der Waals surface area contributed by atoms with Crippen molar-refractivity contribution >= 4 is 22.9 Å². The van der Waals surface area contributed by atoms with Crippen LogP contribution in [-0.2, 0) is 6.54 Å². The van der Waals surface area contributed by atoms with Gasteiger partial charge in [0, 0.05) is 38.6 Å². The van der Waals surface area contributed by atoms with Crippen LogP contribution in [-0.4, -0.2) is 30.5 Å². The zero-order valence-corrected chi connectivity index (χ0v) is 10.4. The largest absolute Gasteiger partial charge is 0.378 e. The maximum absolute atomic E-state index is 6.09. The number of hydrogen-bond acceptors (Lipinski definition) is 3. The van der Waals surface area contributed by atoms with Gasteiger partial charge in [0.25, 0.3) is 0 Å². The SMILES string of the molecule is CNCc1c(Cl)nc2cc(N(C)C)ccn12. The molecule has 2 aromatic heterocycles. The summed E-state index contributed by atoms with van der Waals surface area (Å²) < 4.78 is 2.01. The molecule has 0 bridgehead atoms. The summed E-state index contributed by atoms with van der Waals surface area (Å²) in [7, 11) is 5.90. The first-order chi connectivity index (χ1) is 7.63.